The summed E-state index contributed by atoms with van der Waals surface area (Å²) in [4.78, 5) is 28.6. The van der Waals surface area contributed by atoms with Crippen LogP contribution in [0.3, 0.4) is 0 Å². The van der Waals surface area contributed by atoms with E-state index in [1.165, 1.54) is 6.20 Å². The van der Waals surface area contributed by atoms with Gasteiger partial charge in [-0.05, 0) is 37.1 Å². The highest BCUT2D eigenvalue weighted by Crippen LogP contribution is 2.37. The largest absolute Gasteiger partial charge is 0.456 e. The molecule has 1 aromatic carbocycles. The van der Waals surface area contributed by atoms with Gasteiger partial charge in [0.1, 0.15) is 17.1 Å². The summed E-state index contributed by atoms with van der Waals surface area (Å²) in [6.07, 6.45) is 7.54. The van der Waals surface area contributed by atoms with E-state index in [0.29, 0.717) is 58.1 Å². The Labute approximate surface area is 211 Å². The van der Waals surface area contributed by atoms with Gasteiger partial charge < -0.3 is 24.9 Å². The van der Waals surface area contributed by atoms with Gasteiger partial charge in [0.25, 0.3) is 0 Å². The second-order valence-electron chi connectivity index (χ2n) is 8.37. The standard InChI is InChI=1S/C26H22ClN5O4/c1-28-22-12-31-26-23(24(22)32-15-4-5-18(13-33)35-14-15)20(11-30-26)25(34)19-7-6-16(9-21(19)27)36-17-3-2-8-29-10-17/h2-3,6-12,15,18,33H,4-5,13-14H2,(H2,30,31,32)/t15-,18+/m1/s1. The van der Waals surface area contributed by atoms with Crippen LogP contribution in [0, 0.1) is 6.57 Å². The van der Waals surface area contributed by atoms with Crippen LogP contribution in [0.2, 0.25) is 5.02 Å². The molecule has 0 amide bonds. The smallest absolute Gasteiger partial charge is 0.228 e. The van der Waals surface area contributed by atoms with Crippen LogP contribution in [-0.2, 0) is 4.74 Å². The second kappa shape index (κ2) is 10.3. The first-order chi connectivity index (χ1) is 17.6. The zero-order valence-corrected chi connectivity index (χ0v) is 19.8. The van der Waals surface area contributed by atoms with Crippen LogP contribution in [-0.4, -0.2) is 51.2 Å². The van der Waals surface area contributed by atoms with E-state index in [0.717, 1.165) is 6.42 Å². The molecular weight excluding hydrogens is 482 g/mol. The number of nitrogens with zero attached hydrogens (tertiary/aromatic N) is 3. The number of H-pyrrole nitrogens is 1. The number of anilines is 1. The molecule has 9 nitrogen and oxygen atoms in total. The van der Waals surface area contributed by atoms with Gasteiger partial charge in [-0.3, -0.25) is 9.78 Å². The van der Waals surface area contributed by atoms with Crippen LogP contribution in [0.15, 0.2) is 55.1 Å². The number of nitrogens with one attached hydrogen (secondary N) is 2. The SMILES string of the molecule is [C-]#[N+]c1cnc2[nH]cc(C(=O)c3ccc(Oc4cccnc4)cc3Cl)c2c1N[C@@H]1CC[C@@H](CO)OC1. The molecule has 0 saturated carbocycles. The molecule has 182 valence electrons. The number of aromatic amines is 1. The molecule has 5 rings (SSSR count). The molecule has 0 radical (unpaired) electrons. The summed E-state index contributed by atoms with van der Waals surface area (Å²) in [5, 5.41) is 13.5. The fraction of sp³-hybridized carbons (Fsp3) is 0.231. The predicted octanol–water partition coefficient (Wildman–Crippen LogP) is 5.14. The first-order valence-corrected chi connectivity index (χ1v) is 11.7. The van der Waals surface area contributed by atoms with Crippen LogP contribution in [0.25, 0.3) is 15.9 Å². The van der Waals surface area contributed by atoms with E-state index < -0.39 is 0 Å². The molecule has 1 aliphatic heterocycles. The van der Waals surface area contributed by atoms with Gasteiger partial charge in [0.2, 0.25) is 5.69 Å². The van der Waals surface area contributed by atoms with Crippen LogP contribution in [0.4, 0.5) is 11.4 Å². The number of rotatable bonds is 7. The highest BCUT2D eigenvalue weighted by Gasteiger charge is 2.26. The van der Waals surface area contributed by atoms with Crippen LogP contribution in [0.5, 0.6) is 11.5 Å². The number of hydrogen-bond donors (Lipinski definition) is 3. The quantitative estimate of drug-likeness (QED) is 0.236. The van der Waals surface area contributed by atoms with E-state index in [4.69, 9.17) is 27.6 Å². The molecule has 36 heavy (non-hydrogen) atoms. The monoisotopic (exact) mass is 503 g/mol. The van der Waals surface area contributed by atoms with E-state index in [1.807, 2.05) is 0 Å². The van der Waals surface area contributed by atoms with E-state index >= 15 is 0 Å². The summed E-state index contributed by atoms with van der Waals surface area (Å²) in [6.45, 7) is 7.98. The summed E-state index contributed by atoms with van der Waals surface area (Å²) in [7, 11) is 0. The Hall–Kier alpha value is -3.97. The fourth-order valence-electron chi connectivity index (χ4n) is 4.20. The molecule has 1 aliphatic rings. The Kier molecular flexibility index (Phi) is 6.82. The van der Waals surface area contributed by atoms with Gasteiger partial charge >= 0.3 is 0 Å². The number of aromatic nitrogens is 3. The first kappa shape index (κ1) is 23.8. The maximum Gasteiger partial charge on any atom is 0.228 e. The number of aliphatic hydroxyl groups is 1. The molecule has 10 heteroatoms. The topological polar surface area (TPSA) is 114 Å². The lowest BCUT2D eigenvalue weighted by atomic mass is 10.0. The molecule has 4 heterocycles. The maximum atomic E-state index is 13.6. The zero-order chi connectivity index (χ0) is 25.1. The first-order valence-electron chi connectivity index (χ1n) is 11.4. The third-order valence-electron chi connectivity index (χ3n) is 6.02. The molecule has 0 bridgehead atoms. The Morgan fingerprint density at radius 3 is 2.86 bits per heavy atom. The molecule has 0 spiro atoms. The number of halogens is 1. The molecule has 1 saturated heterocycles. The lowest BCUT2D eigenvalue weighted by molar-refractivity contribution is -0.0223. The average molecular weight is 504 g/mol. The maximum absolute atomic E-state index is 13.6. The fourth-order valence-corrected chi connectivity index (χ4v) is 4.45. The number of fused-ring (bicyclic) bond motifs is 1. The summed E-state index contributed by atoms with van der Waals surface area (Å²) < 4.78 is 11.4. The minimum Gasteiger partial charge on any atom is -0.456 e. The minimum absolute atomic E-state index is 0.0250. The third-order valence-corrected chi connectivity index (χ3v) is 6.34. The van der Waals surface area contributed by atoms with Gasteiger partial charge in [0.05, 0.1) is 48.4 Å². The number of carbonyl (C=O) groups excluding carboxylic acids is 1. The van der Waals surface area contributed by atoms with Gasteiger partial charge in [-0.25, -0.2) is 9.83 Å². The second-order valence-corrected chi connectivity index (χ2v) is 8.78. The van der Waals surface area contributed by atoms with E-state index in [-0.39, 0.29) is 29.6 Å². The van der Waals surface area contributed by atoms with Crippen molar-refractivity contribution in [3.8, 4) is 11.5 Å². The molecular formula is C26H22ClN5O4. The normalized spacial score (nSPS) is 17.5. The van der Waals surface area contributed by atoms with Crippen molar-refractivity contribution in [2.75, 3.05) is 18.5 Å². The van der Waals surface area contributed by atoms with Crippen molar-refractivity contribution in [1.29, 1.82) is 0 Å². The van der Waals surface area contributed by atoms with Crippen molar-refractivity contribution in [2.24, 2.45) is 0 Å². The van der Waals surface area contributed by atoms with Gasteiger partial charge in [-0.15, -0.1) is 0 Å². The number of benzene rings is 1. The molecule has 1 fully saturated rings. The van der Waals surface area contributed by atoms with Crippen LogP contribution in [0.1, 0.15) is 28.8 Å². The number of hydrogen-bond acceptors (Lipinski definition) is 7. The van der Waals surface area contributed by atoms with Crippen molar-refractivity contribution in [1.82, 2.24) is 15.0 Å². The Morgan fingerprint density at radius 2 is 2.17 bits per heavy atom. The van der Waals surface area contributed by atoms with Crippen molar-refractivity contribution in [3.05, 3.63) is 82.7 Å². The Morgan fingerprint density at radius 1 is 1.28 bits per heavy atom. The van der Waals surface area contributed by atoms with E-state index in [1.54, 1.807) is 48.9 Å². The summed E-state index contributed by atoms with van der Waals surface area (Å²) in [5.41, 5.74) is 1.93. The molecule has 3 aromatic heterocycles. The Bertz CT molecular complexity index is 1440. The van der Waals surface area contributed by atoms with Gasteiger partial charge in [0, 0.05) is 41.6 Å². The summed E-state index contributed by atoms with van der Waals surface area (Å²) >= 11 is 6.50. The number of pyridine rings is 2. The lowest BCUT2D eigenvalue weighted by Gasteiger charge is -2.29. The van der Waals surface area contributed by atoms with Crippen molar-refractivity contribution < 1.29 is 19.4 Å². The number of aliphatic hydroxyl groups excluding tert-OH is 1. The third kappa shape index (κ3) is 4.75. The van der Waals surface area contributed by atoms with Crippen molar-refractivity contribution in [2.45, 2.75) is 25.0 Å². The van der Waals surface area contributed by atoms with E-state index in [2.05, 4.69) is 25.1 Å². The van der Waals surface area contributed by atoms with Gasteiger partial charge in [-0.1, -0.05) is 11.6 Å². The molecule has 4 aromatic rings. The molecule has 2 atom stereocenters. The molecule has 0 aliphatic carbocycles. The summed E-state index contributed by atoms with van der Waals surface area (Å²) in [6, 6.07) is 8.30. The van der Waals surface area contributed by atoms with Crippen LogP contribution < -0.4 is 10.1 Å². The highest BCUT2D eigenvalue weighted by atomic mass is 35.5. The Balaban J connectivity index is 1.47. The zero-order valence-electron chi connectivity index (χ0n) is 19.1. The van der Waals surface area contributed by atoms with E-state index in [9.17, 15) is 9.90 Å². The minimum atomic E-state index is -0.314. The van der Waals surface area contributed by atoms with Gasteiger partial charge in [0.15, 0.2) is 5.78 Å². The molecule has 3 N–H and O–H groups in total. The van der Waals surface area contributed by atoms with Gasteiger partial charge in [-0.2, -0.15) is 0 Å². The lowest BCUT2D eigenvalue weighted by Crippen LogP contribution is -2.36. The summed E-state index contributed by atoms with van der Waals surface area (Å²) in [5.74, 6) is 0.711. The highest BCUT2D eigenvalue weighted by molar-refractivity contribution is 6.36. The molecule has 0 unspecified atom stereocenters. The number of carbonyl (C=O) groups is 1. The number of ketones is 1. The number of ether oxygens (including phenoxy) is 2. The average Bonchev–Trinajstić information content (AvgIpc) is 3.34. The van der Waals surface area contributed by atoms with Crippen molar-refractivity contribution >= 4 is 39.8 Å². The van der Waals surface area contributed by atoms with Crippen molar-refractivity contribution in [3.63, 3.8) is 0 Å². The predicted molar refractivity (Wildman–Crippen MR) is 135 cm³/mol. The van der Waals surface area contributed by atoms with Crippen LogP contribution >= 0.6 is 11.6 Å².